The number of benzene rings is 2. The molecule has 102 valence electrons. The molecule has 0 aliphatic heterocycles. The molecule has 0 N–H and O–H groups in total. The maximum Gasteiger partial charge on any atom is 0.416 e. The molecule has 0 aliphatic rings. The van der Waals surface area contributed by atoms with Crippen LogP contribution in [0.5, 0.6) is 0 Å². The smallest absolute Gasteiger partial charge is 0.192 e. The minimum absolute atomic E-state index is 0.387. The van der Waals surface area contributed by atoms with Gasteiger partial charge >= 0.3 is 6.18 Å². The molecule has 1 nitrogen and oxygen atoms in total. The van der Waals surface area contributed by atoms with Crippen molar-refractivity contribution in [1.29, 1.82) is 5.26 Å². The Morgan fingerprint density at radius 3 is 2.25 bits per heavy atom. The third-order valence-electron chi connectivity index (χ3n) is 2.87. The van der Waals surface area contributed by atoms with Gasteiger partial charge in [-0.2, -0.15) is 18.4 Å². The van der Waals surface area contributed by atoms with Crippen molar-refractivity contribution in [1.82, 2.24) is 0 Å². The van der Waals surface area contributed by atoms with Crippen LogP contribution >= 0.6 is 11.6 Å². The fourth-order valence-electron chi connectivity index (χ4n) is 1.84. The second-order valence-corrected chi connectivity index (χ2v) is 4.72. The quantitative estimate of drug-likeness (QED) is 0.779. The number of hydrogen-bond donors (Lipinski definition) is 0. The molecular formula is C15H9ClF3N. The Morgan fingerprint density at radius 2 is 1.70 bits per heavy atom. The lowest BCUT2D eigenvalue weighted by molar-refractivity contribution is -0.137. The molecule has 0 saturated carbocycles. The van der Waals surface area contributed by atoms with Crippen LogP contribution in [-0.4, -0.2) is 0 Å². The lowest BCUT2D eigenvalue weighted by atomic mass is 9.99. The summed E-state index contributed by atoms with van der Waals surface area (Å²) in [5.41, 5.74) is 1.18. The van der Waals surface area contributed by atoms with E-state index < -0.39 is 11.7 Å². The van der Waals surface area contributed by atoms with E-state index in [0.717, 1.165) is 17.7 Å². The van der Waals surface area contributed by atoms with Crippen molar-refractivity contribution in [2.24, 2.45) is 0 Å². The average molecular weight is 296 g/mol. The van der Waals surface area contributed by atoms with Gasteiger partial charge in [0.1, 0.15) is 0 Å². The molecule has 0 aliphatic carbocycles. The van der Waals surface area contributed by atoms with Crippen molar-refractivity contribution >= 4 is 11.6 Å². The number of alkyl halides is 3. The van der Waals surface area contributed by atoms with Gasteiger partial charge in [-0.15, -0.1) is 0 Å². The van der Waals surface area contributed by atoms with Gasteiger partial charge in [-0.3, -0.25) is 0 Å². The number of nitrogens with zero attached hydrogens (tertiary/aromatic N) is 1. The molecule has 0 saturated heterocycles. The number of nitriles is 1. The summed E-state index contributed by atoms with van der Waals surface area (Å²) in [6, 6.07) is 11.8. The Bertz CT molecular complexity index is 654. The van der Waals surface area contributed by atoms with Gasteiger partial charge in [-0.25, -0.2) is 0 Å². The van der Waals surface area contributed by atoms with Crippen LogP contribution in [0.15, 0.2) is 42.5 Å². The molecule has 0 heterocycles. The van der Waals surface area contributed by atoms with Crippen LogP contribution in [0.1, 0.15) is 22.3 Å². The molecule has 0 fully saturated rings. The van der Waals surface area contributed by atoms with E-state index in [2.05, 4.69) is 0 Å². The zero-order valence-electron chi connectivity index (χ0n) is 10.2. The maximum atomic E-state index is 12.5. The summed E-state index contributed by atoms with van der Waals surface area (Å²) >= 11 is 5.79. The SMILES string of the molecule is N#Cc1cc(Cl)ccc1Cc1ccc(C(F)(F)F)cc1. The highest BCUT2D eigenvalue weighted by Gasteiger charge is 2.29. The summed E-state index contributed by atoms with van der Waals surface area (Å²) in [7, 11) is 0. The molecular weight excluding hydrogens is 287 g/mol. The van der Waals surface area contributed by atoms with E-state index in [1.807, 2.05) is 6.07 Å². The van der Waals surface area contributed by atoms with Crippen molar-refractivity contribution < 1.29 is 13.2 Å². The topological polar surface area (TPSA) is 23.8 Å². The fraction of sp³-hybridized carbons (Fsp3) is 0.133. The monoisotopic (exact) mass is 295 g/mol. The van der Waals surface area contributed by atoms with Gasteiger partial charge in [0.15, 0.2) is 0 Å². The lowest BCUT2D eigenvalue weighted by Crippen LogP contribution is -2.04. The van der Waals surface area contributed by atoms with Gasteiger partial charge in [0.2, 0.25) is 0 Å². The van der Waals surface area contributed by atoms with Gasteiger partial charge < -0.3 is 0 Å². The van der Waals surface area contributed by atoms with Gasteiger partial charge in [-0.05, 0) is 41.8 Å². The van der Waals surface area contributed by atoms with E-state index in [9.17, 15) is 13.2 Å². The highest BCUT2D eigenvalue weighted by molar-refractivity contribution is 6.30. The third kappa shape index (κ3) is 3.31. The second kappa shape index (κ2) is 5.56. The van der Waals surface area contributed by atoms with Gasteiger partial charge in [0.25, 0.3) is 0 Å². The van der Waals surface area contributed by atoms with Crippen molar-refractivity contribution in [3.63, 3.8) is 0 Å². The molecule has 0 unspecified atom stereocenters. The first-order valence-corrected chi connectivity index (χ1v) is 6.12. The predicted molar refractivity (Wildman–Crippen MR) is 70.4 cm³/mol. The van der Waals surface area contributed by atoms with Crippen LogP contribution in [0, 0.1) is 11.3 Å². The minimum Gasteiger partial charge on any atom is -0.192 e. The summed E-state index contributed by atoms with van der Waals surface area (Å²) in [6.07, 6.45) is -3.95. The van der Waals surface area contributed by atoms with E-state index in [1.54, 1.807) is 18.2 Å². The van der Waals surface area contributed by atoms with Crippen LogP contribution < -0.4 is 0 Å². The van der Waals surface area contributed by atoms with Crippen LogP contribution in [0.25, 0.3) is 0 Å². The molecule has 20 heavy (non-hydrogen) atoms. The molecule has 2 aromatic rings. The van der Waals surface area contributed by atoms with E-state index in [1.165, 1.54) is 12.1 Å². The van der Waals surface area contributed by atoms with Crippen LogP contribution in [0.2, 0.25) is 5.02 Å². The molecule has 0 bridgehead atoms. The summed E-state index contributed by atoms with van der Waals surface area (Å²) in [4.78, 5) is 0. The zero-order chi connectivity index (χ0) is 14.8. The molecule has 0 atom stereocenters. The molecule has 2 aromatic carbocycles. The van der Waals surface area contributed by atoms with Crippen molar-refractivity contribution in [2.75, 3.05) is 0 Å². The number of hydrogen-bond acceptors (Lipinski definition) is 1. The largest absolute Gasteiger partial charge is 0.416 e. The van der Waals surface area contributed by atoms with E-state index in [4.69, 9.17) is 16.9 Å². The van der Waals surface area contributed by atoms with E-state index in [0.29, 0.717) is 22.6 Å². The number of halogens is 4. The lowest BCUT2D eigenvalue weighted by Gasteiger charge is -2.08. The third-order valence-corrected chi connectivity index (χ3v) is 3.10. The summed E-state index contributed by atoms with van der Waals surface area (Å²) in [5.74, 6) is 0. The number of rotatable bonds is 2. The minimum atomic E-state index is -4.34. The Morgan fingerprint density at radius 1 is 1.05 bits per heavy atom. The fourth-order valence-corrected chi connectivity index (χ4v) is 2.01. The average Bonchev–Trinajstić information content (AvgIpc) is 2.40. The van der Waals surface area contributed by atoms with Gasteiger partial charge in [0.05, 0.1) is 17.2 Å². The molecule has 0 spiro atoms. The molecule has 0 aromatic heterocycles. The Balaban J connectivity index is 2.25. The molecule has 0 amide bonds. The van der Waals surface area contributed by atoms with Crippen molar-refractivity contribution in [2.45, 2.75) is 12.6 Å². The van der Waals surface area contributed by atoms with Gasteiger partial charge in [0, 0.05) is 5.02 Å². The van der Waals surface area contributed by atoms with Crippen LogP contribution in [0.4, 0.5) is 13.2 Å². The van der Waals surface area contributed by atoms with Gasteiger partial charge in [-0.1, -0.05) is 29.8 Å². The standard InChI is InChI=1S/C15H9ClF3N/c16-14-6-3-11(12(8-14)9-20)7-10-1-4-13(5-2-10)15(17,18)19/h1-6,8H,7H2. The normalized spacial score (nSPS) is 11.2. The predicted octanol–water partition coefficient (Wildman–Crippen LogP) is 4.82. The first-order valence-electron chi connectivity index (χ1n) is 5.75. The van der Waals surface area contributed by atoms with E-state index in [-0.39, 0.29) is 0 Å². The zero-order valence-corrected chi connectivity index (χ0v) is 11.0. The van der Waals surface area contributed by atoms with E-state index >= 15 is 0 Å². The second-order valence-electron chi connectivity index (χ2n) is 4.28. The van der Waals surface area contributed by atoms with Crippen LogP contribution in [-0.2, 0) is 12.6 Å². The van der Waals surface area contributed by atoms with Crippen molar-refractivity contribution in [3.8, 4) is 6.07 Å². The summed E-state index contributed by atoms with van der Waals surface area (Å²) in [6.45, 7) is 0. The summed E-state index contributed by atoms with van der Waals surface area (Å²) in [5, 5.41) is 9.47. The Hall–Kier alpha value is -1.99. The summed E-state index contributed by atoms with van der Waals surface area (Å²) < 4.78 is 37.4. The molecule has 5 heteroatoms. The Labute approximate surface area is 119 Å². The maximum absolute atomic E-state index is 12.5. The van der Waals surface area contributed by atoms with Crippen molar-refractivity contribution in [3.05, 3.63) is 69.7 Å². The highest BCUT2D eigenvalue weighted by atomic mass is 35.5. The Kier molecular flexibility index (Phi) is 4.01. The highest BCUT2D eigenvalue weighted by Crippen LogP contribution is 2.29. The first kappa shape index (κ1) is 14.4. The first-order chi connectivity index (χ1) is 9.40. The molecule has 2 rings (SSSR count). The van der Waals surface area contributed by atoms with Crippen LogP contribution in [0.3, 0.4) is 0 Å². The molecule has 0 radical (unpaired) electrons.